The van der Waals surface area contributed by atoms with Crippen LogP contribution in [0.1, 0.15) is 106 Å². The van der Waals surface area contributed by atoms with Crippen LogP contribution in [-0.2, 0) is 14.3 Å². The Labute approximate surface area is 223 Å². The average molecular weight is 520 g/mol. The number of carbonyl (C=O) groups excluding carboxylic acids is 3. The second-order valence-corrected chi connectivity index (χ2v) is 12.0. The molecule has 0 saturated heterocycles. The fourth-order valence-electron chi connectivity index (χ4n) is 3.99. The van der Waals surface area contributed by atoms with Crippen molar-refractivity contribution in [2.24, 2.45) is 5.92 Å². The van der Waals surface area contributed by atoms with E-state index in [1.54, 1.807) is 39.0 Å². The first kappa shape index (κ1) is 32.3. The van der Waals surface area contributed by atoms with E-state index < -0.39 is 41.1 Å². The van der Waals surface area contributed by atoms with Gasteiger partial charge in [-0.25, -0.2) is 4.79 Å². The Kier molecular flexibility index (Phi) is 12.4. The van der Waals surface area contributed by atoms with Gasteiger partial charge in [0.1, 0.15) is 23.4 Å². The summed E-state index contributed by atoms with van der Waals surface area (Å²) in [6.07, 6.45) is 4.11. The Morgan fingerprint density at radius 3 is 2.08 bits per heavy atom. The number of aromatic hydroxyl groups is 1. The fraction of sp³-hybridized carbons (Fsp3) is 0.690. The summed E-state index contributed by atoms with van der Waals surface area (Å²) in [7, 11) is 0. The number of nitrogens with zero attached hydrogens (tertiary/aromatic N) is 1. The van der Waals surface area contributed by atoms with Crippen LogP contribution >= 0.6 is 0 Å². The number of nitrogens with one attached hydrogen (secondary N) is 2. The van der Waals surface area contributed by atoms with Crippen molar-refractivity contribution in [2.75, 3.05) is 6.54 Å². The number of para-hydroxylation sites is 1. The lowest BCUT2D eigenvalue weighted by molar-refractivity contribution is -0.144. The highest BCUT2D eigenvalue weighted by atomic mass is 16.6. The molecule has 0 fully saturated rings. The first-order valence-electron chi connectivity index (χ1n) is 13.5. The lowest BCUT2D eigenvalue weighted by Gasteiger charge is -2.37. The molecule has 1 rings (SSSR count). The number of ether oxygens (including phenoxy) is 1. The van der Waals surface area contributed by atoms with Gasteiger partial charge in [-0.15, -0.1) is 0 Å². The molecule has 8 heteroatoms. The largest absolute Gasteiger partial charge is 0.508 e. The summed E-state index contributed by atoms with van der Waals surface area (Å²) in [6.45, 7) is 17.0. The summed E-state index contributed by atoms with van der Waals surface area (Å²) in [6, 6.07) is 4.59. The second kappa shape index (κ2) is 14.2. The number of hydrogen-bond acceptors (Lipinski definition) is 5. The van der Waals surface area contributed by atoms with E-state index in [9.17, 15) is 19.5 Å². The molecule has 0 heterocycles. The van der Waals surface area contributed by atoms with E-state index in [-0.39, 0.29) is 11.7 Å². The molecule has 0 aromatic heterocycles. The summed E-state index contributed by atoms with van der Waals surface area (Å²) in [5, 5.41) is 16.4. The van der Waals surface area contributed by atoms with Gasteiger partial charge in [-0.2, -0.15) is 0 Å². The highest BCUT2D eigenvalue weighted by Gasteiger charge is 2.39. The Bertz CT molecular complexity index is 886. The second-order valence-electron chi connectivity index (χ2n) is 12.0. The standard InChI is InChI=1S/C29H49N3O5/c1-10-11-12-13-16-19-32(26(35)23(20(2)3)30-27(36)37-29(7,8)9)24(25(34)31-28(4,5)6)21-17-14-15-18-22(21)33/h14-15,17-18,20,23-24,33H,10-13,16,19H2,1-9H3,(H,30,36)(H,31,34). The zero-order valence-electron chi connectivity index (χ0n) is 24.3. The number of hydrogen-bond donors (Lipinski definition) is 3. The Morgan fingerprint density at radius 1 is 0.973 bits per heavy atom. The molecular formula is C29H49N3O5. The number of alkyl carbamates (subject to hydrolysis) is 1. The molecule has 3 amide bonds. The van der Waals surface area contributed by atoms with Gasteiger partial charge < -0.3 is 25.4 Å². The third kappa shape index (κ3) is 11.4. The van der Waals surface area contributed by atoms with Gasteiger partial charge >= 0.3 is 6.09 Å². The maximum Gasteiger partial charge on any atom is 0.408 e. The molecular weight excluding hydrogens is 470 g/mol. The predicted octanol–water partition coefficient (Wildman–Crippen LogP) is 5.70. The van der Waals surface area contributed by atoms with Crippen molar-refractivity contribution in [3.63, 3.8) is 0 Å². The number of carbonyl (C=O) groups is 3. The van der Waals surface area contributed by atoms with Crippen LogP contribution < -0.4 is 10.6 Å². The number of phenolic OH excluding ortho intramolecular Hbond substituents is 1. The number of unbranched alkanes of at least 4 members (excludes halogenated alkanes) is 4. The van der Waals surface area contributed by atoms with E-state index >= 15 is 0 Å². The maximum absolute atomic E-state index is 14.1. The van der Waals surface area contributed by atoms with Crippen LogP contribution in [0, 0.1) is 5.92 Å². The summed E-state index contributed by atoms with van der Waals surface area (Å²) in [5.41, 5.74) is -0.939. The number of phenols is 1. The van der Waals surface area contributed by atoms with Gasteiger partial charge in [0.2, 0.25) is 11.8 Å². The summed E-state index contributed by atoms with van der Waals surface area (Å²) in [5.74, 6) is -1.12. The highest BCUT2D eigenvalue weighted by Crippen LogP contribution is 2.31. The van der Waals surface area contributed by atoms with E-state index in [1.165, 1.54) is 11.0 Å². The van der Waals surface area contributed by atoms with Crippen LogP contribution in [0.15, 0.2) is 24.3 Å². The SMILES string of the molecule is CCCCCCCN(C(=O)C(NC(=O)OC(C)(C)C)C(C)C)C(C(=O)NC(C)(C)C)c1ccccc1O. The average Bonchev–Trinajstić information content (AvgIpc) is 2.74. The molecule has 8 nitrogen and oxygen atoms in total. The van der Waals surface area contributed by atoms with Crippen molar-refractivity contribution in [1.29, 1.82) is 0 Å². The fourth-order valence-corrected chi connectivity index (χ4v) is 3.99. The molecule has 0 aliphatic carbocycles. The zero-order valence-corrected chi connectivity index (χ0v) is 24.3. The summed E-state index contributed by atoms with van der Waals surface area (Å²) >= 11 is 0. The molecule has 0 spiro atoms. The van der Waals surface area contributed by atoms with Gasteiger partial charge in [0.05, 0.1) is 0 Å². The number of rotatable bonds is 12. The van der Waals surface area contributed by atoms with Crippen molar-refractivity contribution in [3.05, 3.63) is 29.8 Å². The molecule has 0 saturated carbocycles. The Balaban J connectivity index is 3.49. The molecule has 0 radical (unpaired) electrons. The topological polar surface area (TPSA) is 108 Å². The van der Waals surface area contributed by atoms with Crippen LogP contribution in [0.2, 0.25) is 0 Å². The third-order valence-electron chi connectivity index (χ3n) is 5.68. The molecule has 1 aromatic rings. The lowest BCUT2D eigenvalue weighted by Crippen LogP contribution is -2.56. The minimum atomic E-state index is -1.07. The quantitative estimate of drug-likeness (QED) is 0.307. The molecule has 3 N–H and O–H groups in total. The van der Waals surface area contributed by atoms with E-state index in [1.807, 2.05) is 34.6 Å². The van der Waals surface area contributed by atoms with Gasteiger partial charge in [0, 0.05) is 17.6 Å². The molecule has 2 unspecified atom stereocenters. The molecule has 210 valence electrons. The first-order chi connectivity index (χ1) is 17.1. The Morgan fingerprint density at radius 2 is 1.57 bits per heavy atom. The van der Waals surface area contributed by atoms with Crippen molar-refractivity contribution in [2.45, 2.75) is 118 Å². The lowest BCUT2D eigenvalue weighted by atomic mass is 9.97. The van der Waals surface area contributed by atoms with Crippen LogP contribution in [0.4, 0.5) is 4.79 Å². The Hall–Kier alpha value is -2.77. The minimum Gasteiger partial charge on any atom is -0.508 e. The van der Waals surface area contributed by atoms with Crippen molar-refractivity contribution in [3.8, 4) is 5.75 Å². The first-order valence-corrected chi connectivity index (χ1v) is 13.5. The molecule has 0 bridgehead atoms. The van der Waals surface area contributed by atoms with Crippen LogP contribution in [0.5, 0.6) is 5.75 Å². The predicted molar refractivity (Wildman–Crippen MR) is 147 cm³/mol. The van der Waals surface area contributed by atoms with Crippen LogP contribution in [0.25, 0.3) is 0 Å². The molecule has 0 aliphatic rings. The normalized spacial score (nSPS) is 13.6. The van der Waals surface area contributed by atoms with Crippen LogP contribution in [0.3, 0.4) is 0 Å². The van der Waals surface area contributed by atoms with Gasteiger partial charge in [-0.3, -0.25) is 9.59 Å². The zero-order chi connectivity index (χ0) is 28.4. The van der Waals surface area contributed by atoms with Gasteiger partial charge in [-0.05, 0) is 59.9 Å². The van der Waals surface area contributed by atoms with Crippen LogP contribution in [-0.4, -0.2) is 51.6 Å². The monoisotopic (exact) mass is 519 g/mol. The van der Waals surface area contributed by atoms with E-state index in [2.05, 4.69) is 17.6 Å². The third-order valence-corrected chi connectivity index (χ3v) is 5.68. The van der Waals surface area contributed by atoms with Gasteiger partial charge in [0.25, 0.3) is 0 Å². The number of amides is 3. The van der Waals surface area contributed by atoms with Gasteiger partial charge in [-0.1, -0.05) is 64.7 Å². The maximum atomic E-state index is 14.1. The van der Waals surface area contributed by atoms with E-state index in [4.69, 9.17) is 4.74 Å². The number of benzene rings is 1. The van der Waals surface area contributed by atoms with Crippen molar-refractivity contribution < 1.29 is 24.2 Å². The smallest absolute Gasteiger partial charge is 0.408 e. The highest BCUT2D eigenvalue weighted by molar-refractivity contribution is 5.92. The summed E-state index contributed by atoms with van der Waals surface area (Å²) in [4.78, 5) is 41.9. The molecule has 1 aromatic carbocycles. The van der Waals surface area contributed by atoms with Gasteiger partial charge in [0.15, 0.2) is 0 Å². The minimum absolute atomic E-state index is 0.0680. The van der Waals surface area contributed by atoms with E-state index in [0.717, 1.165) is 25.7 Å². The van der Waals surface area contributed by atoms with E-state index in [0.29, 0.717) is 18.5 Å². The molecule has 2 atom stereocenters. The van der Waals surface area contributed by atoms with Crippen molar-refractivity contribution >= 4 is 17.9 Å². The summed E-state index contributed by atoms with van der Waals surface area (Å²) < 4.78 is 5.41. The van der Waals surface area contributed by atoms with Crippen molar-refractivity contribution in [1.82, 2.24) is 15.5 Å². The molecule has 0 aliphatic heterocycles. The molecule has 37 heavy (non-hydrogen) atoms.